The Balaban J connectivity index is 2.31. The second-order valence-corrected chi connectivity index (χ2v) is 6.53. The van der Waals surface area contributed by atoms with Crippen molar-refractivity contribution in [2.45, 2.75) is 46.5 Å². The highest BCUT2D eigenvalue weighted by atomic mass is 15.2. The van der Waals surface area contributed by atoms with E-state index in [9.17, 15) is 0 Å². The summed E-state index contributed by atoms with van der Waals surface area (Å²) in [6.07, 6.45) is 9.87. The number of hydrogen-bond donors (Lipinski definition) is 0. The fourth-order valence-corrected chi connectivity index (χ4v) is 3.34. The standard InChI is InChI=1S/C18H27N/c1-6-16(15(4)5)17(12-14(2)3)19-11-10-18(13-19)8-7-9-18/h6,12H,1,4,7-11,13H2,2-3,5H3/b17-16-. The highest BCUT2D eigenvalue weighted by Crippen LogP contribution is 2.49. The summed E-state index contributed by atoms with van der Waals surface area (Å²) in [5.74, 6) is 0. The molecule has 0 bridgehead atoms. The molecule has 0 aromatic heterocycles. The Bertz CT molecular complexity index is 442. The molecule has 1 heterocycles. The quantitative estimate of drug-likeness (QED) is 0.651. The van der Waals surface area contributed by atoms with Crippen LogP contribution in [-0.4, -0.2) is 18.0 Å². The molecule has 2 fully saturated rings. The van der Waals surface area contributed by atoms with Gasteiger partial charge in [-0.3, -0.25) is 0 Å². The van der Waals surface area contributed by atoms with E-state index >= 15 is 0 Å². The molecule has 0 N–H and O–H groups in total. The molecule has 0 radical (unpaired) electrons. The summed E-state index contributed by atoms with van der Waals surface area (Å²) < 4.78 is 0. The van der Waals surface area contributed by atoms with E-state index in [1.54, 1.807) is 0 Å². The summed E-state index contributed by atoms with van der Waals surface area (Å²) >= 11 is 0. The normalized spacial score (nSPS) is 21.7. The van der Waals surface area contributed by atoms with Gasteiger partial charge in [0.05, 0.1) is 0 Å². The molecule has 0 aromatic rings. The summed E-state index contributed by atoms with van der Waals surface area (Å²) in [4.78, 5) is 2.55. The minimum atomic E-state index is 0.627. The predicted octanol–water partition coefficient (Wildman–Crippen LogP) is 4.84. The van der Waals surface area contributed by atoms with E-state index in [1.165, 1.54) is 55.6 Å². The van der Waals surface area contributed by atoms with Gasteiger partial charge in [-0.15, -0.1) is 0 Å². The van der Waals surface area contributed by atoms with Gasteiger partial charge in [-0.25, -0.2) is 0 Å². The molecule has 1 saturated heterocycles. The van der Waals surface area contributed by atoms with Crippen molar-refractivity contribution in [2.24, 2.45) is 5.41 Å². The Labute approximate surface area is 118 Å². The van der Waals surface area contributed by atoms with Crippen LogP contribution >= 0.6 is 0 Å². The van der Waals surface area contributed by atoms with Gasteiger partial charge in [0.25, 0.3) is 0 Å². The van der Waals surface area contributed by atoms with Gasteiger partial charge >= 0.3 is 0 Å². The first-order valence-electron chi connectivity index (χ1n) is 7.40. The van der Waals surface area contributed by atoms with E-state index in [0.717, 1.165) is 5.57 Å². The molecule has 1 aliphatic heterocycles. The van der Waals surface area contributed by atoms with Crippen LogP contribution in [0.3, 0.4) is 0 Å². The van der Waals surface area contributed by atoms with Crippen LogP contribution < -0.4 is 0 Å². The monoisotopic (exact) mass is 257 g/mol. The van der Waals surface area contributed by atoms with Crippen molar-refractivity contribution >= 4 is 0 Å². The minimum absolute atomic E-state index is 0.627. The summed E-state index contributed by atoms with van der Waals surface area (Å²) in [6, 6.07) is 0. The van der Waals surface area contributed by atoms with E-state index < -0.39 is 0 Å². The molecule has 1 nitrogen and oxygen atoms in total. The lowest BCUT2D eigenvalue weighted by atomic mass is 9.68. The van der Waals surface area contributed by atoms with Gasteiger partial charge in [0.2, 0.25) is 0 Å². The van der Waals surface area contributed by atoms with E-state index in [2.05, 4.69) is 44.9 Å². The molecule has 0 atom stereocenters. The van der Waals surface area contributed by atoms with E-state index in [4.69, 9.17) is 0 Å². The smallest absolute Gasteiger partial charge is 0.0441 e. The van der Waals surface area contributed by atoms with Crippen LogP contribution in [-0.2, 0) is 0 Å². The van der Waals surface area contributed by atoms with Gasteiger partial charge in [0.1, 0.15) is 0 Å². The molecule has 19 heavy (non-hydrogen) atoms. The first kappa shape index (κ1) is 14.2. The first-order valence-corrected chi connectivity index (χ1v) is 7.40. The highest BCUT2D eigenvalue weighted by Gasteiger charge is 2.43. The SMILES string of the molecule is C=C/C(C(=C)C)=C(\C=C(C)C)N1CCC2(CCC2)C1. The van der Waals surface area contributed by atoms with Gasteiger partial charge < -0.3 is 4.90 Å². The third kappa shape index (κ3) is 2.86. The molecule has 2 rings (SSSR count). The number of nitrogens with zero attached hydrogens (tertiary/aromatic N) is 1. The highest BCUT2D eigenvalue weighted by molar-refractivity contribution is 5.44. The van der Waals surface area contributed by atoms with Crippen LogP contribution in [0.5, 0.6) is 0 Å². The van der Waals surface area contributed by atoms with Crippen molar-refractivity contribution in [3.05, 3.63) is 47.7 Å². The maximum Gasteiger partial charge on any atom is 0.0441 e. The van der Waals surface area contributed by atoms with E-state index in [-0.39, 0.29) is 0 Å². The maximum absolute atomic E-state index is 4.11. The van der Waals surface area contributed by atoms with Gasteiger partial charge in [0, 0.05) is 18.8 Å². The Kier molecular flexibility index (Phi) is 4.03. The molecular formula is C18H27N. The second kappa shape index (κ2) is 5.40. The molecule has 2 aliphatic rings. The van der Waals surface area contributed by atoms with E-state index in [1.807, 2.05) is 6.08 Å². The summed E-state index contributed by atoms with van der Waals surface area (Å²) in [5, 5.41) is 0. The minimum Gasteiger partial charge on any atom is -0.370 e. The Hall–Kier alpha value is -1.24. The largest absolute Gasteiger partial charge is 0.370 e. The van der Waals surface area contributed by atoms with Crippen LogP contribution in [0.15, 0.2) is 47.7 Å². The fraction of sp³-hybridized carbons (Fsp3) is 0.556. The molecule has 1 heteroatoms. The van der Waals surface area contributed by atoms with Crippen molar-refractivity contribution in [1.29, 1.82) is 0 Å². The predicted molar refractivity (Wildman–Crippen MR) is 83.9 cm³/mol. The van der Waals surface area contributed by atoms with E-state index in [0.29, 0.717) is 5.41 Å². The third-order valence-electron chi connectivity index (χ3n) is 4.56. The topological polar surface area (TPSA) is 3.24 Å². The molecule has 1 aliphatic carbocycles. The van der Waals surface area contributed by atoms with Crippen LogP contribution in [0.2, 0.25) is 0 Å². The van der Waals surface area contributed by atoms with Crippen molar-refractivity contribution in [3.8, 4) is 0 Å². The summed E-state index contributed by atoms with van der Waals surface area (Å²) in [5.41, 5.74) is 5.60. The number of hydrogen-bond acceptors (Lipinski definition) is 1. The second-order valence-electron chi connectivity index (χ2n) is 6.53. The van der Waals surface area contributed by atoms with Gasteiger partial charge in [0.15, 0.2) is 0 Å². The Morgan fingerprint density at radius 2 is 1.84 bits per heavy atom. The molecule has 104 valence electrons. The molecule has 0 unspecified atom stereocenters. The number of likely N-dealkylation sites (tertiary alicyclic amines) is 1. The lowest BCUT2D eigenvalue weighted by Crippen LogP contribution is -2.33. The molecular weight excluding hydrogens is 230 g/mol. The molecule has 0 aromatic carbocycles. The number of rotatable bonds is 4. The first-order chi connectivity index (χ1) is 8.97. The lowest BCUT2D eigenvalue weighted by Gasteiger charge is -2.38. The zero-order valence-corrected chi connectivity index (χ0v) is 12.8. The molecule has 1 saturated carbocycles. The Morgan fingerprint density at radius 3 is 2.21 bits per heavy atom. The van der Waals surface area contributed by atoms with Crippen molar-refractivity contribution in [1.82, 2.24) is 4.90 Å². The van der Waals surface area contributed by atoms with Crippen LogP contribution in [0.1, 0.15) is 46.5 Å². The van der Waals surface area contributed by atoms with Gasteiger partial charge in [-0.1, -0.05) is 31.2 Å². The van der Waals surface area contributed by atoms with Gasteiger partial charge in [-0.2, -0.15) is 0 Å². The Morgan fingerprint density at radius 1 is 1.16 bits per heavy atom. The van der Waals surface area contributed by atoms with Crippen molar-refractivity contribution < 1.29 is 0 Å². The zero-order chi connectivity index (χ0) is 14.0. The molecule has 1 spiro atoms. The van der Waals surface area contributed by atoms with Crippen LogP contribution in [0.25, 0.3) is 0 Å². The number of allylic oxidation sites excluding steroid dienone is 5. The lowest BCUT2D eigenvalue weighted by molar-refractivity contribution is 0.147. The van der Waals surface area contributed by atoms with Crippen LogP contribution in [0.4, 0.5) is 0 Å². The summed E-state index contributed by atoms with van der Waals surface area (Å²) in [6.45, 7) is 16.9. The summed E-state index contributed by atoms with van der Waals surface area (Å²) in [7, 11) is 0. The average molecular weight is 257 g/mol. The van der Waals surface area contributed by atoms with Crippen LogP contribution in [0, 0.1) is 5.41 Å². The fourth-order valence-electron chi connectivity index (χ4n) is 3.34. The zero-order valence-electron chi connectivity index (χ0n) is 12.8. The third-order valence-corrected chi connectivity index (χ3v) is 4.56. The average Bonchev–Trinajstić information content (AvgIpc) is 2.72. The van der Waals surface area contributed by atoms with Gasteiger partial charge in [-0.05, 0) is 62.7 Å². The van der Waals surface area contributed by atoms with Crippen molar-refractivity contribution in [2.75, 3.05) is 13.1 Å². The maximum atomic E-state index is 4.11. The molecule has 0 amide bonds. The van der Waals surface area contributed by atoms with Crippen molar-refractivity contribution in [3.63, 3.8) is 0 Å².